The van der Waals surface area contributed by atoms with Gasteiger partial charge in [0.2, 0.25) is 11.8 Å². The third-order valence-corrected chi connectivity index (χ3v) is 2.93. The van der Waals surface area contributed by atoms with Gasteiger partial charge in [-0.25, -0.2) is 0 Å². The largest absolute Gasteiger partial charge is 0.355 e. The van der Waals surface area contributed by atoms with Crippen molar-refractivity contribution < 1.29 is 9.59 Å². The van der Waals surface area contributed by atoms with Gasteiger partial charge >= 0.3 is 0 Å². The molecule has 0 aliphatic heterocycles. The number of nitrogens with one attached hydrogen (secondary N) is 1. The van der Waals surface area contributed by atoms with Gasteiger partial charge < -0.3 is 10.2 Å². The Morgan fingerprint density at radius 2 is 1.85 bits per heavy atom. The van der Waals surface area contributed by atoms with E-state index in [2.05, 4.69) is 19.2 Å². The van der Waals surface area contributed by atoms with Gasteiger partial charge in [-0.3, -0.25) is 9.59 Å². The molecule has 0 saturated heterocycles. The van der Waals surface area contributed by atoms with Crippen LogP contribution in [0, 0.1) is 5.92 Å². The van der Waals surface area contributed by atoms with Crippen molar-refractivity contribution in [2.24, 2.45) is 5.92 Å². The van der Waals surface area contributed by atoms with Gasteiger partial charge in [0.05, 0.1) is 6.42 Å². The molecule has 0 saturated carbocycles. The summed E-state index contributed by atoms with van der Waals surface area (Å²) < 4.78 is 0. The number of amides is 2. The molecular weight excluding hydrogens is 252 g/mol. The summed E-state index contributed by atoms with van der Waals surface area (Å²) in [4.78, 5) is 25.2. The summed E-state index contributed by atoms with van der Waals surface area (Å²) in [6.45, 7) is 5.29. The molecule has 0 radical (unpaired) electrons. The van der Waals surface area contributed by atoms with Gasteiger partial charge in [0.15, 0.2) is 0 Å². The lowest BCUT2D eigenvalue weighted by atomic mass is 10.1. The summed E-state index contributed by atoms with van der Waals surface area (Å²) in [7, 11) is 1.80. The van der Waals surface area contributed by atoms with Gasteiger partial charge in [0, 0.05) is 26.6 Å². The second-order valence-corrected chi connectivity index (χ2v) is 5.43. The molecule has 0 aliphatic carbocycles. The van der Waals surface area contributed by atoms with E-state index in [-0.39, 0.29) is 11.8 Å². The Kier molecular flexibility index (Phi) is 6.77. The number of nitrogens with zero attached hydrogens (tertiary/aromatic N) is 1. The second-order valence-electron chi connectivity index (χ2n) is 5.43. The van der Waals surface area contributed by atoms with Crippen molar-refractivity contribution in [2.45, 2.75) is 26.7 Å². The van der Waals surface area contributed by atoms with Crippen LogP contribution >= 0.6 is 0 Å². The second kappa shape index (κ2) is 8.35. The molecule has 0 aromatic heterocycles. The Morgan fingerprint density at radius 1 is 1.20 bits per heavy atom. The highest BCUT2D eigenvalue weighted by Gasteiger charge is 2.10. The third kappa shape index (κ3) is 6.36. The minimum Gasteiger partial charge on any atom is -0.355 e. The summed E-state index contributed by atoms with van der Waals surface area (Å²) >= 11 is 0. The molecule has 4 nitrogen and oxygen atoms in total. The zero-order chi connectivity index (χ0) is 15.0. The highest BCUT2D eigenvalue weighted by Crippen LogP contribution is 2.00. The molecule has 0 bridgehead atoms. The highest BCUT2D eigenvalue weighted by molar-refractivity contribution is 5.80. The summed E-state index contributed by atoms with van der Waals surface area (Å²) in [5, 5.41) is 2.78. The van der Waals surface area contributed by atoms with Crippen LogP contribution in [0.2, 0.25) is 0 Å². The van der Waals surface area contributed by atoms with Crippen molar-refractivity contribution in [1.29, 1.82) is 0 Å². The first kappa shape index (κ1) is 16.2. The molecule has 4 heteroatoms. The molecule has 0 aliphatic rings. The van der Waals surface area contributed by atoms with Gasteiger partial charge in [-0.05, 0) is 11.5 Å². The molecule has 1 aromatic carbocycles. The summed E-state index contributed by atoms with van der Waals surface area (Å²) in [5.74, 6) is 0.478. The first-order chi connectivity index (χ1) is 9.49. The van der Waals surface area contributed by atoms with Crippen LogP contribution in [0.15, 0.2) is 30.3 Å². The van der Waals surface area contributed by atoms with Gasteiger partial charge in [-0.15, -0.1) is 0 Å². The maximum Gasteiger partial charge on any atom is 0.224 e. The third-order valence-electron chi connectivity index (χ3n) is 2.93. The van der Waals surface area contributed by atoms with E-state index in [4.69, 9.17) is 0 Å². The van der Waals surface area contributed by atoms with Crippen LogP contribution in [0.25, 0.3) is 0 Å². The van der Waals surface area contributed by atoms with E-state index in [1.807, 2.05) is 30.3 Å². The van der Waals surface area contributed by atoms with Crippen LogP contribution in [0.3, 0.4) is 0 Å². The highest BCUT2D eigenvalue weighted by atomic mass is 16.2. The zero-order valence-corrected chi connectivity index (χ0v) is 12.6. The molecule has 20 heavy (non-hydrogen) atoms. The summed E-state index contributed by atoms with van der Waals surface area (Å²) in [5.41, 5.74) is 0.980. The van der Waals surface area contributed by atoms with Crippen LogP contribution < -0.4 is 5.32 Å². The Balaban J connectivity index is 2.23. The maximum absolute atomic E-state index is 11.8. The lowest BCUT2D eigenvalue weighted by Gasteiger charge is -2.19. The number of carbonyl (C=O) groups is 2. The van der Waals surface area contributed by atoms with E-state index in [9.17, 15) is 9.59 Å². The number of hydrogen-bond acceptors (Lipinski definition) is 2. The molecule has 0 unspecified atom stereocenters. The minimum atomic E-state index is -0.0458. The molecule has 1 N–H and O–H groups in total. The molecule has 0 heterocycles. The van der Waals surface area contributed by atoms with Gasteiger partial charge in [-0.1, -0.05) is 44.2 Å². The number of rotatable bonds is 7. The Morgan fingerprint density at radius 3 is 2.45 bits per heavy atom. The molecule has 1 rings (SSSR count). The van der Waals surface area contributed by atoms with E-state index in [0.29, 0.717) is 25.3 Å². The van der Waals surface area contributed by atoms with Crippen molar-refractivity contribution in [1.82, 2.24) is 10.2 Å². The van der Waals surface area contributed by atoms with Crippen LogP contribution in [0.4, 0.5) is 0 Å². The van der Waals surface area contributed by atoms with Gasteiger partial charge in [0.1, 0.15) is 0 Å². The normalized spacial score (nSPS) is 10.4. The maximum atomic E-state index is 11.8. The SMILES string of the molecule is CC(C)CN(C)C(=O)CCNC(=O)Cc1ccccc1. The fourth-order valence-electron chi connectivity index (χ4n) is 1.99. The zero-order valence-electron chi connectivity index (χ0n) is 12.6. The average Bonchev–Trinajstić information content (AvgIpc) is 2.38. The number of benzene rings is 1. The van der Waals surface area contributed by atoms with E-state index < -0.39 is 0 Å². The lowest BCUT2D eigenvalue weighted by Crippen LogP contribution is -2.34. The minimum absolute atomic E-state index is 0.0458. The first-order valence-electron chi connectivity index (χ1n) is 7.03. The Bertz CT molecular complexity index is 429. The van der Waals surface area contributed by atoms with E-state index >= 15 is 0 Å². The fraction of sp³-hybridized carbons (Fsp3) is 0.500. The fourth-order valence-corrected chi connectivity index (χ4v) is 1.99. The van der Waals surface area contributed by atoms with Crippen LogP contribution in [-0.2, 0) is 16.0 Å². The number of carbonyl (C=O) groups excluding carboxylic acids is 2. The van der Waals surface area contributed by atoms with Crippen molar-refractivity contribution in [3.63, 3.8) is 0 Å². The molecule has 0 atom stereocenters. The topological polar surface area (TPSA) is 49.4 Å². The van der Waals surface area contributed by atoms with Crippen molar-refractivity contribution >= 4 is 11.8 Å². The molecule has 2 amide bonds. The quantitative estimate of drug-likeness (QED) is 0.826. The number of hydrogen-bond donors (Lipinski definition) is 1. The van der Waals surface area contributed by atoms with E-state index in [0.717, 1.165) is 12.1 Å². The molecular formula is C16H24N2O2. The Hall–Kier alpha value is -1.84. The van der Waals surface area contributed by atoms with E-state index in [1.54, 1.807) is 11.9 Å². The van der Waals surface area contributed by atoms with Gasteiger partial charge in [0.25, 0.3) is 0 Å². The van der Waals surface area contributed by atoms with Crippen LogP contribution in [-0.4, -0.2) is 36.9 Å². The average molecular weight is 276 g/mol. The smallest absolute Gasteiger partial charge is 0.224 e. The molecule has 0 spiro atoms. The standard InChI is InChI=1S/C16H24N2O2/c1-13(2)12-18(3)16(20)9-10-17-15(19)11-14-7-5-4-6-8-14/h4-8,13H,9-12H2,1-3H3,(H,17,19). The van der Waals surface area contributed by atoms with E-state index in [1.165, 1.54) is 0 Å². The van der Waals surface area contributed by atoms with Gasteiger partial charge in [-0.2, -0.15) is 0 Å². The summed E-state index contributed by atoms with van der Waals surface area (Å²) in [6.07, 6.45) is 0.709. The molecule has 1 aromatic rings. The van der Waals surface area contributed by atoms with Crippen molar-refractivity contribution in [3.8, 4) is 0 Å². The van der Waals surface area contributed by atoms with Crippen LogP contribution in [0.1, 0.15) is 25.8 Å². The predicted molar refractivity (Wildman–Crippen MR) is 80.2 cm³/mol. The Labute approximate surface area is 121 Å². The predicted octanol–water partition coefficient (Wildman–Crippen LogP) is 1.85. The van der Waals surface area contributed by atoms with Crippen LogP contribution in [0.5, 0.6) is 0 Å². The van der Waals surface area contributed by atoms with Crippen molar-refractivity contribution in [3.05, 3.63) is 35.9 Å². The summed E-state index contributed by atoms with van der Waals surface area (Å²) in [6, 6.07) is 9.58. The first-order valence-corrected chi connectivity index (χ1v) is 7.03. The molecule has 110 valence electrons. The lowest BCUT2D eigenvalue weighted by molar-refractivity contribution is -0.130. The van der Waals surface area contributed by atoms with Crippen molar-refractivity contribution in [2.75, 3.05) is 20.1 Å². The monoisotopic (exact) mass is 276 g/mol. The molecule has 0 fully saturated rings.